The topological polar surface area (TPSA) is 39.9 Å². The average Bonchev–Trinajstić information content (AvgIpc) is 3.07. The first-order valence-corrected chi connectivity index (χ1v) is 8.37. The van der Waals surface area contributed by atoms with Crippen LogP contribution in [-0.4, -0.2) is 21.6 Å². The first-order valence-electron chi connectivity index (χ1n) is 8.37. The molecule has 2 aromatic carbocycles. The summed E-state index contributed by atoms with van der Waals surface area (Å²) in [6, 6.07) is 14.4. The predicted molar refractivity (Wildman–Crippen MR) is 95.9 cm³/mol. The van der Waals surface area contributed by atoms with Gasteiger partial charge in [0.15, 0.2) is 0 Å². The van der Waals surface area contributed by atoms with Crippen molar-refractivity contribution in [3.05, 3.63) is 71.0 Å². The summed E-state index contributed by atoms with van der Waals surface area (Å²) in [7, 11) is 0. The Hall–Kier alpha value is -2.62. The highest BCUT2D eigenvalue weighted by Gasteiger charge is 2.08. The zero-order valence-electron chi connectivity index (χ0n) is 14.5. The smallest absolute Gasteiger partial charge is 0.122 e. The Morgan fingerprint density at radius 1 is 1.00 bits per heavy atom. The first-order chi connectivity index (χ1) is 11.7. The van der Waals surface area contributed by atoms with Crippen molar-refractivity contribution >= 4 is 0 Å². The highest BCUT2D eigenvalue weighted by atomic mass is 16.5. The third kappa shape index (κ3) is 3.65. The molecule has 0 unspecified atom stereocenters. The first kappa shape index (κ1) is 16.2. The molecule has 0 atom stereocenters. The van der Waals surface area contributed by atoms with Crippen molar-refractivity contribution in [1.82, 2.24) is 15.0 Å². The zero-order valence-corrected chi connectivity index (χ0v) is 14.5. The predicted octanol–water partition coefficient (Wildman–Crippen LogP) is 4.07. The molecule has 0 saturated carbocycles. The number of nitrogens with zero attached hydrogens (tertiary/aromatic N) is 3. The summed E-state index contributed by atoms with van der Waals surface area (Å²) in [5.41, 5.74) is 5.82. The van der Waals surface area contributed by atoms with Crippen molar-refractivity contribution in [3.63, 3.8) is 0 Å². The SMILES string of the molecule is CCOc1cc(C)c(CCc2cn(-c3ccccc3)nn2)cc1C. The van der Waals surface area contributed by atoms with Crippen LogP contribution in [0.15, 0.2) is 48.7 Å². The molecule has 0 aliphatic carbocycles. The van der Waals surface area contributed by atoms with Gasteiger partial charge in [-0.15, -0.1) is 5.10 Å². The van der Waals surface area contributed by atoms with Crippen molar-refractivity contribution in [3.8, 4) is 11.4 Å². The van der Waals surface area contributed by atoms with Crippen LogP contribution in [0.3, 0.4) is 0 Å². The number of benzene rings is 2. The Bertz CT molecular complexity index is 809. The summed E-state index contributed by atoms with van der Waals surface area (Å²) in [5.74, 6) is 0.980. The second-order valence-electron chi connectivity index (χ2n) is 5.97. The maximum atomic E-state index is 5.66. The minimum atomic E-state index is 0.697. The van der Waals surface area contributed by atoms with Crippen molar-refractivity contribution < 1.29 is 4.74 Å². The van der Waals surface area contributed by atoms with E-state index in [1.165, 1.54) is 16.7 Å². The van der Waals surface area contributed by atoms with Gasteiger partial charge in [0.2, 0.25) is 0 Å². The lowest BCUT2D eigenvalue weighted by Crippen LogP contribution is -1.99. The molecule has 3 rings (SSSR count). The van der Waals surface area contributed by atoms with E-state index in [0.717, 1.165) is 30.0 Å². The lowest BCUT2D eigenvalue weighted by atomic mass is 10.00. The Morgan fingerprint density at radius 2 is 1.79 bits per heavy atom. The number of aromatic nitrogens is 3. The van der Waals surface area contributed by atoms with Gasteiger partial charge in [-0.2, -0.15) is 0 Å². The standard InChI is InChI=1S/C20H23N3O/c1-4-24-20-13-15(2)17(12-16(20)3)10-11-18-14-23(22-21-18)19-8-6-5-7-9-19/h5-9,12-14H,4,10-11H2,1-3H3. The fraction of sp³-hybridized carbons (Fsp3) is 0.300. The van der Waals surface area contributed by atoms with Gasteiger partial charge in [-0.3, -0.25) is 0 Å². The van der Waals surface area contributed by atoms with E-state index in [9.17, 15) is 0 Å². The number of hydrogen-bond donors (Lipinski definition) is 0. The molecule has 0 fully saturated rings. The Kier molecular flexibility index (Phi) is 4.94. The molecule has 0 saturated heterocycles. The van der Waals surface area contributed by atoms with Crippen molar-refractivity contribution in [1.29, 1.82) is 0 Å². The summed E-state index contributed by atoms with van der Waals surface area (Å²) in [6.45, 7) is 6.94. The Morgan fingerprint density at radius 3 is 2.54 bits per heavy atom. The molecular formula is C20H23N3O. The van der Waals surface area contributed by atoms with E-state index in [1.807, 2.05) is 48.1 Å². The third-order valence-electron chi connectivity index (χ3n) is 4.15. The molecule has 1 heterocycles. The minimum absolute atomic E-state index is 0.697. The van der Waals surface area contributed by atoms with Crippen LogP contribution in [0.1, 0.15) is 29.3 Å². The van der Waals surface area contributed by atoms with Crippen LogP contribution >= 0.6 is 0 Å². The monoisotopic (exact) mass is 321 g/mol. The third-order valence-corrected chi connectivity index (χ3v) is 4.15. The van der Waals surface area contributed by atoms with E-state index in [1.54, 1.807) is 0 Å². The lowest BCUT2D eigenvalue weighted by molar-refractivity contribution is 0.337. The van der Waals surface area contributed by atoms with Gasteiger partial charge in [0.05, 0.1) is 24.2 Å². The molecule has 0 aliphatic rings. The Balaban J connectivity index is 1.70. The summed E-state index contributed by atoms with van der Waals surface area (Å²) in [4.78, 5) is 0. The molecule has 0 radical (unpaired) electrons. The fourth-order valence-corrected chi connectivity index (χ4v) is 2.81. The molecular weight excluding hydrogens is 298 g/mol. The van der Waals surface area contributed by atoms with E-state index < -0.39 is 0 Å². The second kappa shape index (κ2) is 7.30. The number of aryl methyl sites for hydroxylation is 4. The van der Waals surface area contributed by atoms with E-state index in [4.69, 9.17) is 4.74 Å². The molecule has 3 aromatic rings. The summed E-state index contributed by atoms with van der Waals surface area (Å²) >= 11 is 0. The van der Waals surface area contributed by atoms with Gasteiger partial charge >= 0.3 is 0 Å². The van der Waals surface area contributed by atoms with Crippen LogP contribution in [0.25, 0.3) is 5.69 Å². The number of hydrogen-bond acceptors (Lipinski definition) is 3. The molecule has 4 heteroatoms. The van der Waals surface area contributed by atoms with E-state index in [0.29, 0.717) is 6.61 Å². The number of para-hydroxylation sites is 1. The number of ether oxygens (including phenoxy) is 1. The quantitative estimate of drug-likeness (QED) is 0.687. The molecule has 124 valence electrons. The van der Waals surface area contributed by atoms with Crippen LogP contribution < -0.4 is 4.74 Å². The Labute approximate surface area is 143 Å². The van der Waals surface area contributed by atoms with Crippen LogP contribution in [0.4, 0.5) is 0 Å². The molecule has 0 bridgehead atoms. The van der Waals surface area contributed by atoms with Gasteiger partial charge in [0.25, 0.3) is 0 Å². The molecule has 4 nitrogen and oxygen atoms in total. The molecule has 0 aliphatic heterocycles. The second-order valence-corrected chi connectivity index (χ2v) is 5.97. The van der Waals surface area contributed by atoms with Gasteiger partial charge in [0.1, 0.15) is 5.75 Å². The lowest BCUT2D eigenvalue weighted by Gasteiger charge is -2.12. The number of rotatable bonds is 6. The van der Waals surface area contributed by atoms with Gasteiger partial charge in [0, 0.05) is 0 Å². The maximum Gasteiger partial charge on any atom is 0.122 e. The minimum Gasteiger partial charge on any atom is -0.494 e. The molecule has 0 spiro atoms. The van der Waals surface area contributed by atoms with Crippen LogP contribution in [-0.2, 0) is 12.8 Å². The van der Waals surface area contributed by atoms with Gasteiger partial charge < -0.3 is 4.74 Å². The van der Waals surface area contributed by atoms with E-state index in [-0.39, 0.29) is 0 Å². The normalized spacial score (nSPS) is 10.8. The maximum absolute atomic E-state index is 5.66. The highest BCUT2D eigenvalue weighted by Crippen LogP contribution is 2.24. The van der Waals surface area contributed by atoms with E-state index >= 15 is 0 Å². The van der Waals surface area contributed by atoms with Crippen molar-refractivity contribution in [2.45, 2.75) is 33.6 Å². The van der Waals surface area contributed by atoms with Crippen molar-refractivity contribution in [2.24, 2.45) is 0 Å². The fourth-order valence-electron chi connectivity index (χ4n) is 2.81. The zero-order chi connectivity index (χ0) is 16.9. The van der Waals surface area contributed by atoms with E-state index in [2.05, 4.69) is 36.3 Å². The van der Waals surface area contributed by atoms with Crippen LogP contribution in [0, 0.1) is 13.8 Å². The van der Waals surface area contributed by atoms with Gasteiger partial charge in [-0.1, -0.05) is 29.5 Å². The summed E-state index contributed by atoms with van der Waals surface area (Å²) in [5, 5.41) is 8.52. The van der Waals surface area contributed by atoms with Crippen LogP contribution in [0.2, 0.25) is 0 Å². The molecule has 24 heavy (non-hydrogen) atoms. The molecule has 1 aromatic heterocycles. The van der Waals surface area contributed by atoms with Gasteiger partial charge in [-0.05, 0) is 68.5 Å². The molecule has 0 amide bonds. The average molecular weight is 321 g/mol. The van der Waals surface area contributed by atoms with Gasteiger partial charge in [-0.25, -0.2) is 4.68 Å². The highest BCUT2D eigenvalue weighted by molar-refractivity contribution is 5.41. The van der Waals surface area contributed by atoms with Crippen molar-refractivity contribution in [2.75, 3.05) is 6.61 Å². The molecule has 0 N–H and O–H groups in total. The summed E-state index contributed by atoms with van der Waals surface area (Å²) in [6.07, 6.45) is 3.83. The summed E-state index contributed by atoms with van der Waals surface area (Å²) < 4.78 is 7.49. The van der Waals surface area contributed by atoms with Crippen LogP contribution in [0.5, 0.6) is 5.75 Å². The largest absolute Gasteiger partial charge is 0.494 e.